The van der Waals surface area contributed by atoms with Crippen molar-refractivity contribution < 1.29 is 14.7 Å². The molecule has 4 nitrogen and oxygen atoms in total. The minimum atomic E-state index is -1.04. The Labute approximate surface area is 69.5 Å². The van der Waals surface area contributed by atoms with Gasteiger partial charge in [0, 0.05) is 12.3 Å². The second kappa shape index (κ2) is 5.97. The van der Waals surface area contributed by atoms with E-state index in [4.69, 9.17) is 16.7 Å². The molecule has 0 saturated carbocycles. The summed E-state index contributed by atoms with van der Waals surface area (Å²) in [7, 11) is 0. The van der Waals surface area contributed by atoms with Gasteiger partial charge in [0.25, 0.3) is 0 Å². The van der Waals surface area contributed by atoms with Crippen LogP contribution in [0.15, 0.2) is 0 Å². The van der Waals surface area contributed by atoms with Crippen molar-refractivity contribution in [2.75, 3.05) is 12.4 Å². The van der Waals surface area contributed by atoms with Gasteiger partial charge in [-0.1, -0.05) is 0 Å². The number of hydrogen-bond acceptors (Lipinski definition) is 2. The fraction of sp³-hybridized carbons (Fsp3) is 0.667. The first-order valence-electron chi connectivity index (χ1n) is 3.21. The average molecular weight is 180 g/mol. The molecule has 64 valence electrons. The SMILES string of the molecule is O=C(O)CNC(=O)CCCCl. The number of halogens is 1. The third kappa shape index (κ3) is 7.12. The molecule has 0 rings (SSSR count). The fourth-order valence-electron chi connectivity index (χ4n) is 0.490. The molecule has 0 unspecified atom stereocenters. The van der Waals surface area contributed by atoms with Gasteiger partial charge in [-0.2, -0.15) is 0 Å². The van der Waals surface area contributed by atoms with Gasteiger partial charge < -0.3 is 10.4 Å². The fourth-order valence-corrected chi connectivity index (χ4v) is 0.624. The zero-order valence-electron chi connectivity index (χ0n) is 5.97. The first-order valence-corrected chi connectivity index (χ1v) is 3.74. The Bertz CT molecular complexity index is 149. The summed E-state index contributed by atoms with van der Waals surface area (Å²) >= 11 is 5.31. The van der Waals surface area contributed by atoms with Crippen LogP contribution in [0.1, 0.15) is 12.8 Å². The first-order chi connectivity index (χ1) is 5.16. The highest BCUT2D eigenvalue weighted by Gasteiger charge is 2.01. The average Bonchev–Trinajstić information content (AvgIpc) is 1.97. The van der Waals surface area contributed by atoms with E-state index in [0.29, 0.717) is 12.3 Å². The molecule has 0 aromatic carbocycles. The zero-order valence-corrected chi connectivity index (χ0v) is 6.73. The van der Waals surface area contributed by atoms with Crippen LogP contribution < -0.4 is 5.32 Å². The molecular weight excluding hydrogens is 170 g/mol. The lowest BCUT2D eigenvalue weighted by molar-refractivity contribution is -0.137. The van der Waals surface area contributed by atoms with E-state index < -0.39 is 5.97 Å². The number of nitrogens with one attached hydrogen (secondary N) is 1. The first kappa shape index (κ1) is 10.2. The molecule has 0 aromatic heterocycles. The largest absolute Gasteiger partial charge is 0.480 e. The second-order valence-corrected chi connectivity index (χ2v) is 2.34. The van der Waals surface area contributed by atoms with Gasteiger partial charge in [0.2, 0.25) is 5.91 Å². The summed E-state index contributed by atoms with van der Waals surface area (Å²) < 4.78 is 0. The number of carboxylic acid groups (broad SMARTS) is 1. The van der Waals surface area contributed by atoms with Crippen LogP contribution in [0.25, 0.3) is 0 Å². The number of amides is 1. The number of rotatable bonds is 5. The van der Waals surface area contributed by atoms with Gasteiger partial charge in [0.15, 0.2) is 0 Å². The zero-order chi connectivity index (χ0) is 8.69. The van der Waals surface area contributed by atoms with Gasteiger partial charge >= 0.3 is 5.97 Å². The minimum absolute atomic E-state index is 0.270. The van der Waals surface area contributed by atoms with Crippen molar-refractivity contribution in [3.05, 3.63) is 0 Å². The van der Waals surface area contributed by atoms with E-state index in [1.54, 1.807) is 0 Å². The molecule has 0 aliphatic carbocycles. The molecule has 11 heavy (non-hydrogen) atoms. The Morgan fingerprint density at radius 2 is 2.09 bits per heavy atom. The predicted molar refractivity (Wildman–Crippen MR) is 40.6 cm³/mol. The van der Waals surface area contributed by atoms with Crippen LogP contribution in [0.5, 0.6) is 0 Å². The Morgan fingerprint density at radius 1 is 1.45 bits per heavy atom. The molecule has 0 aromatic rings. The smallest absolute Gasteiger partial charge is 0.322 e. The van der Waals surface area contributed by atoms with Gasteiger partial charge in [-0.25, -0.2) is 0 Å². The molecule has 5 heteroatoms. The number of aliphatic carboxylic acids is 1. The van der Waals surface area contributed by atoms with Crippen LogP contribution in [0.2, 0.25) is 0 Å². The molecule has 0 saturated heterocycles. The molecule has 0 spiro atoms. The monoisotopic (exact) mass is 179 g/mol. The molecule has 0 atom stereocenters. The standard InChI is InChI=1S/C6H10ClNO3/c7-3-1-2-5(9)8-4-6(10)11/h1-4H2,(H,8,9)(H,10,11). The number of alkyl halides is 1. The van der Waals surface area contributed by atoms with Gasteiger partial charge in [-0.15, -0.1) is 11.6 Å². The Morgan fingerprint density at radius 3 is 2.55 bits per heavy atom. The molecule has 0 aliphatic heterocycles. The van der Waals surface area contributed by atoms with Crippen molar-refractivity contribution in [2.24, 2.45) is 0 Å². The topological polar surface area (TPSA) is 66.4 Å². The molecule has 0 aliphatic rings. The van der Waals surface area contributed by atoms with Crippen molar-refractivity contribution in [1.29, 1.82) is 0 Å². The number of carbonyl (C=O) groups excluding carboxylic acids is 1. The maximum atomic E-state index is 10.7. The summed E-state index contributed by atoms with van der Waals surface area (Å²) in [6, 6.07) is 0. The molecule has 1 amide bonds. The normalized spacial score (nSPS) is 9.18. The van der Waals surface area contributed by atoms with Crippen LogP contribution in [0.4, 0.5) is 0 Å². The van der Waals surface area contributed by atoms with E-state index in [1.807, 2.05) is 0 Å². The van der Waals surface area contributed by atoms with Crippen LogP contribution in [-0.2, 0) is 9.59 Å². The summed E-state index contributed by atoms with van der Waals surface area (Å²) in [5.74, 6) is -0.891. The van der Waals surface area contributed by atoms with Gasteiger partial charge in [0.1, 0.15) is 6.54 Å². The van der Waals surface area contributed by atoms with Crippen LogP contribution in [0.3, 0.4) is 0 Å². The number of carbonyl (C=O) groups is 2. The Balaban J connectivity index is 3.30. The highest BCUT2D eigenvalue weighted by molar-refractivity contribution is 6.17. The molecule has 0 heterocycles. The van der Waals surface area contributed by atoms with E-state index in [1.165, 1.54) is 0 Å². The van der Waals surface area contributed by atoms with Crippen molar-refractivity contribution in [1.82, 2.24) is 5.32 Å². The third-order valence-electron chi connectivity index (χ3n) is 0.974. The van der Waals surface area contributed by atoms with E-state index >= 15 is 0 Å². The Kier molecular flexibility index (Phi) is 5.56. The summed E-state index contributed by atoms with van der Waals surface area (Å²) in [5, 5.41) is 10.4. The summed E-state index contributed by atoms with van der Waals surface area (Å²) in [5.41, 5.74) is 0. The van der Waals surface area contributed by atoms with Crippen molar-refractivity contribution in [2.45, 2.75) is 12.8 Å². The summed E-state index contributed by atoms with van der Waals surface area (Å²) in [6.07, 6.45) is 0.865. The lowest BCUT2D eigenvalue weighted by Gasteiger charge is -1.99. The molecule has 0 radical (unpaired) electrons. The molecular formula is C6H10ClNO3. The van der Waals surface area contributed by atoms with E-state index in [-0.39, 0.29) is 18.9 Å². The maximum Gasteiger partial charge on any atom is 0.322 e. The molecule has 0 bridgehead atoms. The minimum Gasteiger partial charge on any atom is -0.480 e. The lowest BCUT2D eigenvalue weighted by atomic mass is 10.3. The summed E-state index contributed by atoms with van der Waals surface area (Å²) in [4.78, 5) is 20.6. The van der Waals surface area contributed by atoms with Crippen molar-refractivity contribution >= 4 is 23.5 Å². The van der Waals surface area contributed by atoms with E-state index in [9.17, 15) is 9.59 Å². The van der Waals surface area contributed by atoms with Crippen LogP contribution in [-0.4, -0.2) is 29.4 Å². The Hall–Kier alpha value is -0.770. The second-order valence-electron chi connectivity index (χ2n) is 1.96. The van der Waals surface area contributed by atoms with Crippen molar-refractivity contribution in [3.63, 3.8) is 0 Å². The summed E-state index contributed by atoms with van der Waals surface area (Å²) in [6.45, 7) is -0.318. The number of hydrogen-bond donors (Lipinski definition) is 2. The van der Waals surface area contributed by atoms with Crippen LogP contribution in [0, 0.1) is 0 Å². The molecule has 0 fully saturated rings. The van der Waals surface area contributed by atoms with Gasteiger partial charge in [-0.3, -0.25) is 9.59 Å². The third-order valence-corrected chi connectivity index (χ3v) is 1.24. The highest BCUT2D eigenvalue weighted by Crippen LogP contribution is 1.90. The van der Waals surface area contributed by atoms with Gasteiger partial charge in [-0.05, 0) is 6.42 Å². The van der Waals surface area contributed by atoms with E-state index in [2.05, 4.69) is 5.32 Å². The van der Waals surface area contributed by atoms with Crippen molar-refractivity contribution in [3.8, 4) is 0 Å². The van der Waals surface area contributed by atoms with Crippen LogP contribution >= 0.6 is 11.6 Å². The van der Waals surface area contributed by atoms with E-state index in [0.717, 1.165) is 0 Å². The lowest BCUT2D eigenvalue weighted by Crippen LogP contribution is -2.28. The maximum absolute atomic E-state index is 10.7. The predicted octanol–water partition coefficient (Wildman–Crippen LogP) is 0.206. The highest BCUT2D eigenvalue weighted by atomic mass is 35.5. The number of carboxylic acids is 1. The quantitative estimate of drug-likeness (QED) is 0.593. The van der Waals surface area contributed by atoms with Gasteiger partial charge in [0.05, 0.1) is 0 Å². The molecule has 2 N–H and O–H groups in total.